The number of nitrogens with zero attached hydrogens (tertiary/aromatic N) is 8. The maximum atomic E-state index is 5.46. The number of benzene rings is 11. The maximum Gasteiger partial charge on any atom is 0.164 e. The molecule has 0 radical (unpaired) electrons. The highest BCUT2D eigenvalue weighted by atomic mass is 15.1. The summed E-state index contributed by atoms with van der Waals surface area (Å²) in [6.45, 7) is 8.99. The zero-order valence-corrected chi connectivity index (χ0v) is 46.8. The van der Waals surface area contributed by atoms with Gasteiger partial charge in [-0.3, -0.25) is 0 Å². The first-order valence-electron chi connectivity index (χ1n) is 28.4. The molecule has 0 aliphatic rings. The van der Waals surface area contributed by atoms with E-state index in [1.165, 1.54) is 21.5 Å². The summed E-state index contributed by atoms with van der Waals surface area (Å²) in [5, 5.41) is 4.88. The number of hydrogen-bond donors (Lipinski definition) is 0. The zero-order valence-electron chi connectivity index (χ0n) is 46.8. The lowest BCUT2D eigenvalue weighted by Gasteiger charge is -2.23. The molecule has 0 atom stereocenters. The van der Waals surface area contributed by atoms with Gasteiger partial charge in [0.15, 0.2) is 34.9 Å². The van der Waals surface area contributed by atoms with Crippen LogP contribution in [0.5, 0.6) is 0 Å². The molecule has 0 saturated heterocycles. The van der Waals surface area contributed by atoms with Crippen molar-refractivity contribution >= 4 is 43.6 Å². The fourth-order valence-corrected chi connectivity index (χ4v) is 12.6. The number of hydrogen-bond acceptors (Lipinski definition) is 6. The predicted octanol–water partition coefficient (Wildman–Crippen LogP) is 18.8. The summed E-state index contributed by atoms with van der Waals surface area (Å²) in [6, 6.07) is 89.4. The van der Waals surface area contributed by atoms with Gasteiger partial charge in [0.2, 0.25) is 0 Å². The highest BCUT2D eigenvalue weighted by molar-refractivity contribution is 6.10. The minimum Gasteiger partial charge on any atom is -0.309 e. The van der Waals surface area contributed by atoms with Gasteiger partial charge in [-0.2, -0.15) is 0 Å². The molecule has 0 N–H and O–H groups in total. The molecule has 15 aromatic rings. The van der Waals surface area contributed by atoms with Crippen molar-refractivity contribution in [1.29, 1.82) is 0 Å². The van der Waals surface area contributed by atoms with Gasteiger partial charge in [0.1, 0.15) is 0 Å². The van der Waals surface area contributed by atoms with Gasteiger partial charge in [-0.05, 0) is 133 Å². The molecule has 4 heterocycles. The molecule has 0 unspecified atom stereocenters. The lowest BCUT2D eigenvalue weighted by Crippen LogP contribution is -2.06. The Bertz CT molecular complexity index is 4460. The zero-order chi connectivity index (χ0) is 56.4. The lowest BCUT2D eigenvalue weighted by molar-refractivity contribution is 1.06. The fraction of sp³-hybridized carbons (Fsp3) is 0.0526. The van der Waals surface area contributed by atoms with Gasteiger partial charge >= 0.3 is 0 Å². The molecule has 4 aromatic heterocycles. The Labute approximate surface area is 486 Å². The molecule has 11 aromatic carbocycles. The highest BCUT2D eigenvalue weighted by Gasteiger charge is 2.27. The van der Waals surface area contributed by atoms with E-state index >= 15 is 0 Å². The van der Waals surface area contributed by atoms with E-state index in [0.29, 0.717) is 34.9 Å². The second-order valence-corrected chi connectivity index (χ2v) is 21.7. The molecule has 0 aliphatic carbocycles. The van der Waals surface area contributed by atoms with E-state index in [-0.39, 0.29) is 0 Å². The summed E-state index contributed by atoms with van der Waals surface area (Å²) in [5.41, 5.74) is 20.6. The highest BCUT2D eigenvalue weighted by Crippen LogP contribution is 2.47. The van der Waals surface area contributed by atoms with E-state index < -0.39 is 0 Å². The summed E-state index contributed by atoms with van der Waals surface area (Å²) in [4.78, 5) is 32.2. The van der Waals surface area contributed by atoms with Crippen LogP contribution in [0.4, 0.5) is 0 Å². The van der Waals surface area contributed by atoms with Crippen molar-refractivity contribution in [2.75, 3.05) is 0 Å². The van der Waals surface area contributed by atoms with Gasteiger partial charge in [0, 0.05) is 66.3 Å². The second kappa shape index (κ2) is 20.5. The first-order valence-corrected chi connectivity index (χ1v) is 28.4. The van der Waals surface area contributed by atoms with Gasteiger partial charge in [-0.15, -0.1) is 0 Å². The van der Waals surface area contributed by atoms with Crippen molar-refractivity contribution in [2.24, 2.45) is 0 Å². The standard InChI is InChI=1S/C76H54N8/c1-47-41-55(83-65-37-21-17-33-57(65)58-34-18-22-38-66(58)83)42-48(2)69(47)61-45-63(75-79-71(51-25-9-5-10-26-51)77-72(80-75)52-27-11-6-12-28-52)64(76-81-73(53-29-13-7-14-30-53)78-74(82-76)54-31-15-8-16-32-54)46-62(61)70-49(3)43-56(44-50(70)4)84-67-39-23-19-35-59(67)60-36-20-24-40-68(60)84/h5-46H,1-4H3. The van der Waals surface area contributed by atoms with Crippen LogP contribution in [-0.4, -0.2) is 39.0 Å². The topological polar surface area (TPSA) is 87.2 Å². The summed E-state index contributed by atoms with van der Waals surface area (Å²) in [7, 11) is 0. The van der Waals surface area contributed by atoms with Crippen molar-refractivity contribution < 1.29 is 0 Å². The molecule has 8 heteroatoms. The number of rotatable bonds is 10. The van der Waals surface area contributed by atoms with Crippen LogP contribution in [0.25, 0.3) is 146 Å². The smallest absolute Gasteiger partial charge is 0.164 e. The lowest BCUT2D eigenvalue weighted by atomic mass is 9.83. The van der Waals surface area contributed by atoms with E-state index in [0.717, 1.165) is 111 Å². The predicted molar refractivity (Wildman–Crippen MR) is 344 cm³/mol. The van der Waals surface area contributed by atoms with Gasteiger partial charge in [-0.1, -0.05) is 194 Å². The number of aryl methyl sites for hydroxylation is 4. The van der Waals surface area contributed by atoms with Crippen LogP contribution in [0.1, 0.15) is 22.3 Å². The molecule has 0 fully saturated rings. The molecule has 0 amide bonds. The molecule has 0 spiro atoms. The third-order valence-corrected chi connectivity index (χ3v) is 16.3. The Balaban J connectivity index is 1.05. The summed E-state index contributed by atoms with van der Waals surface area (Å²) in [6.07, 6.45) is 0. The molecule has 398 valence electrons. The Morgan fingerprint density at radius 1 is 0.226 bits per heavy atom. The van der Waals surface area contributed by atoms with Crippen LogP contribution in [0.3, 0.4) is 0 Å². The molecule has 84 heavy (non-hydrogen) atoms. The Morgan fingerprint density at radius 3 is 0.714 bits per heavy atom. The van der Waals surface area contributed by atoms with Gasteiger partial charge in [0.05, 0.1) is 22.1 Å². The first-order chi connectivity index (χ1) is 41.3. The number of aromatic nitrogens is 8. The monoisotopic (exact) mass is 1080 g/mol. The average molecular weight is 1080 g/mol. The number of fused-ring (bicyclic) bond motifs is 6. The second-order valence-electron chi connectivity index (χ2n) is 21.7. The normalized spacial score (nSPS) is 11.6. The molecule has 8 nitrogen and oxygen atoms in total. The third-order valence-electron chi connectivity index (χ3n) is 16.3. The minimum absolute atomic E-state index is 0.487. The number of para-hydroxylation sites is 4. The van der Waals surface area contributed by atoms with Gasteiger partial charge < -0.3 is 9.13 Å². The largest absolute Gasteiger partial charge is 0.309 e. The van der Waals surface area contributed by atoms with E-state index in [9.17, 15) is 0 Å². The minimum atomic E-state index is 0.487. The van der Waals surface area contributed by atoms with Crippen molar-refractivity contribution in [3.8, 4) is 102 Å². The third kappa shape index (κ3) is 8.62. The van der Waals surface area contributed by atoms with Gasteiger partial charge in [-0.25, -0.2) is 29.9 Å². The van der Waals surface area contributed by atoms with Crippen LogP contribution in [-0.2, 0) is 0 Å². The van der Waals surface area contributed by atoms with Crippen molar-refractivity contribution in [3.05, 3.63) is 277 Å². The van der Waals surface area contributed by atoms with E-state index in [2.05, 4.69) is 170 Å². The van der Waals surface area contributed by atoms with Crippen LogP contribution >= 0.6 is 0 Å². The quantitative estimate of drug-likeness (QED) is 0.136. The molecular formula is C76H54N8. The van der Waals surface area contributed by atoms with Crippen LogP contribution < -0.4 is 0 Å². The Morgan fingerprint density at radius 2 is 0.452 bits per heavy atom. The molecular weight excluding hydrogens is 1020 g/mol. The van der Waals surface area contributed by atoms with Crippen LogP contribution in [0.2, 0.25) is 0 Å². The van der Waals surface area contributed by atoms with E-state index in [1.54, 1.807) is 0 Å². The van der Waals surface area contributed by atoms with E-state index in [1.807, 2.05) is 121 Å². The molecule has 0 aliphatic heterocycles. The Kier molecular flexibility index (Phi) is 12.2. The summed E-state index contributed by atoms with van der Waals surface area (Å²) >= 11 is 0. The summed E-state index contributed by atoms with van der Waals surface area (Å²) < 4.78 is 4.81. The summed E-state index contributed by atoms with van der Waals surface area (Å²) in [5.74, 6) is 3.18. The van der Waals surface area contributed by atoms with Gasteiger partial charge in [0.25, 0.3) is 0 Å². The fourth-order valence-electron chi connectivity index (χ4n) is 12.6. The molecule has 0 bridgehead atoms. The first kappa shape index (κ1) is 50.0. The maximum absolute atomic E-state index is 5.46. The van der Waals surface area contributed by atoms with Crippen molar-refractivity contribution in [2.45, 2.75) is 27.7 Å². The van der Waals surface area contributed by atoms with Crippen molar-refractivity contribution in [3.63, 3.8) is 0 Å². The Hall–Kier alpha value is -11.0. The average Bonchev–Trinajstić information content (AvgIpc) is 2.37. The van der Waals surface area contributed by atoms with Crippen molar-refractivity contribution in [1.82, 2.24) is 39.0 Å². The SMILES string of the molecule is Cc1cc(-n2c3ccccc3c3ccccc32)cc(C)c1-c1cc(-c2nc(-c3ccccc3)nc(-c3ccccc3)n2)c(-c2nc(-c3ccccc3)nc(-c3ccccc3)n2)cc1-c1c(C)cc(-n2c3ccccc3c3ccccc32)cc1C. The van der Waals surface area contributed by atoms with Crippen LogP contribution in [0.15, 0.2) is 255 Å². The molecule has 15 rings (SSSR count). The van der Waals surface area contributed by atoms with E-state index in [4.69, 9.17) is 29.9 Å². The molecule has 0 saturated carbocycles. The van der Waals surface area contributed by atoms with Crippen LogP contribution in [0, 0.1) is 27.7 Å².